The van der Waals surface area contributed by atoms with Crippen LogP contribution in [-0.4, -0.2) is 16.1 Å². The number of carbonyl (C=O) groups is 1. The first-order chi connectivity index (χ1) is 11.1. The molecule has 0 radical (unpaired) electrons. The number of rotatable bonds is 3. The molecule has 1 aliphatic rings. The van der Waals surface area contributed by atoms with Gasteiger partial charge in [-0.25, -0.2) is 0 Å². The van der Waals surface area contributed by atoms with Gasteiger partial charge in [-0.1, -0.05) is 24.3 Å². The zero-order valence-electron chi connectivity index (χ0n) is 13.3. The minimum Gasteiger partial charge on any atom is -0.308 e. The highest BCUT2D eigenvalue weighted by atomic mass is 16.2. The molecule has 4 rings (SSSR count). The molecule has 1 saturated carbocycles. The zero-order chi connectivity index (χ0) is 16.0. The fourth-order valence-electron chi connectivity index (χ4n) is 2.78. The Morgan fingerprint density at radius 2 is 1.83 bits per heavy atom. The van der Waals surface area contributed by atoms with E-state index in [9.17, 15) is 4.79 Å². The highest BCUT2D eigenvalue weighted by Crippen LogP contribution is 2.32. The lowest BCUT2D eigenvalue weighted by molar-refractivity contribution is -0.117. The highest BCUT2D eigenvalue weighted by molar-refractivity contribution is 6.02. The summed E-state index contributed by atoms with van der Waals surface area (Å²) in [6.07, 6.45) is 1.98. The van der Waals surface area contributed by atoms with Crippen molar-refractivity contribution in [2.24, 2.45) is 5.92 Å². The summed E-state index contributed by atoms with van der Waals surface area (Å²) in [4.78, 5) is 11.9. The average Bonchev–Trinajstić information content (AvgIpc) is 3.33. The van der Waals surface area contributed by atoms with Crippen LogP contribution in [0.25, 0.3) is 22.0 Å². The summed E-state index contributed by atoms with van der Waals surface area (Å²) in [6.45, 7) is 4.24. The first-order valence-electron chi connectivity index (χ1n) is 7.98. The van der Waals surface area contributed by atoms with Gasteiger partial charge >= 0.3 is 0 Å². The zero-order valence-corrected chi connectivity index (χ0v) is 13.3. The predicted molar refractivity (Wildman–Crippen MR) is 92.4 cm³/mol. The van der Waals surface area contributed by atoms with Gasteiger partial charge in [0.2, 0.25) is 5.91 Å². The van der Waals surface area contributed by atoms with Crippen molar-refractivity contribution in [3.63, 3.8) is 0 Å². The molecule has 116 valence electrons. The number of hydrogen-bond donors (Lipinski definition) is 2. The molecule has 0 atom stereocenters. The Bertz CT molecular complexity index is 906. The summed E-state index contributed by atoms with van der Waals surface area (Å²) >= 11 is 0. The molecular formula is C19H19N3O. The molecule has 0 bridgehead atoms. The lowest BCUT2D eigenvalue weighted by Gasteiger charge is -2.06. The lowest BCUT2D eigenvalue weighted by Crippen LogP contribution is -2.13. The molecule has 4 heteroatoms. The number of fused-ring (bicyclic) bond motifs is 1. The largest absolute Gasteiger partial charge is 0.308 e. The van der Waals surface area contributed by atoms with Gasteiger partial charge in [0.05, 0.1) is 5.52 Å². The third-order valence-electron chi connectivity index (χ3n) is 4.59. The van der Waals surface area contributed by atoms with E-state index in [4.69, 9.17) is 0 Å². The van der Waals surface area contributed by atoms with Crippen LogP contribution in [-0.2, 0) is 4.79 Å². The molecule has 1 amide bonds. The van der Waals surface area contributed by atoms with E-state index in [1.807, 2.05) is 6.07 Å². The second kappa shape index (κ2) is 5.23. The molecule has 1 fully saturated rings. The van der Waals surface area contributed by atoms with Gasteiger partial charge in [0, 0.05) is 11.3 Å². The average molecular weight is 305 g/mol. The molecule has 1 aromatic heterocycles. The van der Waals surface area contributed by atoms with Gasteiger partial charge in [0.1, 0.15) is 0 Å². The molecule has 1 heterocycles. The number of nitrogens with one attached hydrogen (secondary N) is 2. The van der Waals surface area contributed by atoms with Crippen LogP contribution in [0, 0.1) is 19.8 Å². The SMILES string of the molecule is Cc1ccc(-c2ccc3c(NC(=O)C4CC4)n[nH]c3c2)cc1C. The van der Waals surface area contributed by atoms with Crippen LogP contribution in [0.2, 0.25) is 0 Å². The van der Waals surface area contributed by atoms with Gasteiger partial charge in [-0.3, -0.25) is 9.89 Å². The second-order valence-corrected chi connectivity index (χ2v) is 6.40. The van der Waals surface area contributed by atoms with Crippen molar-refractivity contribution in [2.45, 2.75) is 26.7 Å². The second-order valence-electron chi connectivity index (χ2n) is 6.40. The number of H-pyrrole nitrogens is 1. The number of anilines is 1. The Labute approximate surface area is 134 Å². The molecule has 3 aromatic rings. The number of nitrogens with zero attached hydrogens (tertiary/aromatic N) is 1. The van der Waals surface area contributed by atoms with Gasteiger partial charge in [0.25, 0.3) is 0 Å². The third-order valence-corrected chi connectivity index (χ3v) is 4.59. The molecule has 0 spiro atoms. The fourth-order valence-corrected chi connectivity index (χ4v) is 2.78. The van der Waals surface area contributed by atoms with Crippen LogP contribution in [0.4, 0.5) is 5.82 Å². The fraction of sp³-hybridized carbons (Fsp3) is 0.263. The first-order valence-corrected chi connectivity index (χ1v) is 7.98. The normalized spacial score (nSPS) is 14.2. The van der Waals surface area contributed by atoms with Crippen LogP contribution >= 0.6 is 0 Å². The highest BCUT2D eigenvalue weighted by Gasteiger charge is 2.30. The number of amides is 1. The van der Waals surface area contributed by atoms with E-state index in [2.05, 4.69) is 59.7 Å². The van der Waals surface area contributed by atoms with E-state index in [1.54, 1.807) is 0 Å². The van der Waals surface area contributed by atoms with Gasteiger partial charge in [0.15, 0.2) is 5.82 Å². The van der Waals surface area contributed by atoms with Crippen molar-refractivity contribution in [3.8, 4) is 11.1 Å². The van der Waals surface area contributed by atoms with E-state index in [1.165, 1.54) is 16.7 Å². The quantitative estimate of drug-likeness (QED) is 0.762. The third kappa shape index (κ3) is 2.61. The molecule has 2 aromatic carbocycles. The minimum absolute atomic E-state index is 0.0802. The Kier molecular flexibility index (Phi) is 3.18. The Hall–Kier alpha value is -2.62. The van der Waals surface area contributed by atoms with Gasteiger partial charge in [-0.05, 0) is 61.1 Å². The summed E-state index contributed by atoms with van der Waals surface area (Å²) in [6, 6.07) is 12.7. The van der Waals surface area contributed by atoms with Crippen molar-refractivity contribution in [1.29, 1.82) is 0 Å². The van der Waals surface area contributed by atoms with Crippen LogP contribution in [0.1, 0.15) is 24.0 Å². The Morgan fingerprint density at radius 1 is 1.09 bits per heavy atom. The number of aromatic nitrogens is 2. The summed E-state index contributed by atoms with van der Waals surface area (Å²) in [5.41, 5.74) is 5.84. The predicted octanol–water partition coefficient (Wildman–Crippen LogP) is 4.20. The van der Waals surface area contributed by atoms with Crippen LogP contribution < -0.4 is 5.32 Å². The van der Waals surface area contributed by atoms with Crippen molar-refractivity contribution < 1.29 is 4.79 Å². The van der Waals surface area contributed by atoms with Crippen LogP contribution in [0.5, 0.6) is 0 Å². The van der Waals surface area contributed by atoms with E-state index < -0.39 is 0 Å². The van der Waals surface area contributed by atoms with Crippen LogP contribution in [0.3, 0.4) is 0 Å². The molecule has 1 aliphatic carbocycles. The van der Waals surface area contributed by atoms with Crippen LogP contribution in [0.15, 0.2) is 36.4 Å². The number of hydrogen-bond acceptors (Lipinski definition) is 2. The Morgan fingerprint density at radius 3 is 2.57 bits per heavy atom. The topological polar surface area (TPSA) is 57.8 Å². The molecule has 0 aliphatic heterocycles. The molecule has 0 unspecified atom stereocenters. The number of carbonyl (C=O) groups excluding carboxylic acids is 1. The monoisotopic (exact) mass is 305 g/mol. The maximum absolute atomic E-state index is 11.9. The summed E-state index contributed by atoms with van der Waals surface area (Å²) < 4.78 is 0. The van der Waals surface area contributed by atoms with Gasteiger partial charge in [-0.2, -0.15) is 5.10 Å². The maximum Gasteiger partial charge on any atom is 0.228 e. The van der Waals surface area contributed by atoms with E-state index in [-0.39, 0.29) is 11.8 Å². The van der Waals surface area contributed by atoms with E-state index >= 15 is 0 Å². The number of aryl methyl sites for hydroxylation is 2. The van der Waals surface area contributed by atoms with Gasteiger partial charge < -0.3 is 5.32 Å². The molecular weight excluding hydrogens is 286 g/mol. The number of benzene rings is 2. The summed E-state index contributed by atoms with van der Waals surface area (Å²) in [5.74, 6) is 0.886. The van der Waals surface area contributed by atoms with E-state index in [0.717, 1.165) is 29.3 Å². The van der Waals surface area contributed by atoms with E-state index in [0.29, 0.717) is 5.82 Å². The maximum atomic E-state index is 11.9. The molecule has 4 nitrogen and oxygen atoms in total. The molecule has 23 heavy (non-hydrogen) atoms. The Balaban J connectivity index is 1.68. The van der Waals surface area contributed by atoms with Crippen molar-refractivity contribution in [3.05, 3.63) is 47.5 Å². The lowest BCUT2D eigenvalue weighted by atomic mass is 10.00. The number of aromatic amines is 1. The molecule has 0 saturated heterocycles. The smallest absolute Gasteiger partial charge is 0.228 e. The van der Waals surface area contributed by atoms with Crippen molar-refractivity contribution in [1.82, 2.24) is 10.2 Å². The van der Waals surface area contributed by atoms with Gasteiger partial charge in [-0.15, -0.1) is 0 Å². The molecule has 2 N–H and O–H groups in total. The van der Waals surface area contributed by atoms with Crippen molar-refractivity contribution in [2.75, 3.05) is 5.32 Å². The van der Waals surface area contributed by atoms with Crippen molar-refractivity contribution >= 4 is 22.6 Å². The summed E-state index contributed by atoms with van der Waals surface area (Å²) in [5, 5.41) is 11.2. The minimum atomic E-state index is 0.0802. The first kappa shape index (κ1) is 14.0. The standard InChI is InChI=1S/C19H19N3O/c1-11-3-4-14(9-12(11)2)15-7-8-16-17(10-15)21-22-18(16)20-19(23)13-5-6-13/h3-4,7-10,13H,5-6H2,1-2H3,(H2,20,21,22,23). The summed E-state index contributed by atoms with van der Waals surface area (Å²) in [7, 11) is 0.